The summed E-state index contributed by atoms with van der Waals surface area (Å²) >= 11 is 0. The molecule has 1 aliphatic rings. The molecule has 0 bridgehead atoms. The van der Waals surface area contributed by atoms with E-state index in [0.29, 0.717) is 13.1 Å². The molecule has 2 rings (SSSR count). The molecule has 1 fully saturated rings. The largest absolute Gasteiger partial charge is 0.481 e. The average molecular weight is 280 g/mol. The molecule has 0 radical (unpaired) electrons. The van der Waals surface area contributed by atoms with Gasteiger partial charge in [-0.05, 0) is 12.8 Å². The lowest BCUT2D eigenvalue weighted by Crippen LogP contribution is -2.44. The molecule has 0 aliphatic carbocycles. The molecule has 2 N–H and O–H groups in total. The Morgan fingerprint density at radius 3 is 2.80 bits per heavy atom. The summed E-state index contributed by atoms with van der Waals surface area (Å²) in [6.45, 7) is 5.17. The van der Waals surface area contributed by atoms with Crippen LogP contribution in [0.5, 0.6) is 0 Å². The van der Waals surface area contributed by atoms with Gasteiger partial charge in [-0.2, -0.15) is 0 Å². The lowest BCUT2D eigenvalue weighted by molar-refractivity contribution is -0.142. The Morgan fingerprint density at radius 2 is 2.25 bits per heavy atom. The molecule has 1 aromatic heterocycles. The number of hydrogen-bond donors (Lipinski definition) is 2. The summed E-state index contributed by atoms with van der Waals surface area (Å²) in [5.74, 6) is -1.31. The number of carboxylic acids is 1. The second-order valence-corrected chi connectivity index (χ2v) is 5.44. The van der Waals surface area contributed by atoms with Crippen molar-refractivity contribution in [3.63, 3.8) is 0 Å². The summed E-state index contributed by atoms with van der Waals surface area (Å²) < 4.78 is 1.89. The van der Waals surface area contributed by atoms with Crippen molar-refractivity contribution in [3.8, 4) is 0 Å². The number of nitrogens with one attached hydrogen (secondary N) is 1. The number of carboxylic acid groups (broad SMARTS) is 1. The molecule has 1 saturated heterocycles. The summed E-state index contributed by atoms with van der Waals surface area (Å²) in [5.41, 5.74) is 0. The Bertz CT molecular complexity index is 474. The minimum absolute atomic E-state index is 0.0118. The highest BCUT2D eigenvalue weighted by Crippen LogP contribution is 2.23. The van der Waals surface area contributed by atoms with Crippen molar-refractivity contribution < 1.29 is 14.7 Å². The Hall–Kier alpha value is -2.05. The summed E-state index contributed by atoms with van der Waals surface area (Å²) in [6, 6.07) is -0.246. The van der Waals surface area contributed by atoms with Gasteiger partial charge in [-0.3, -0.25) is 4.79 Å². The number of aromatic nitrogens is 2. The normalized spacial score (nSPS) is 23.6. The summed E-state index contributed by atoms with van der Waals surface area (Å²) in [7, 11) is 0. The molecule has 0 aromatic carbocycles. The van der Waals surface area contributed by atoms with Crippen LogP contribution in [0, 0.1) is 11.8 Å². The second-order valence-electron chi connectivity index (χ2n) is 5.44. The Morgan fingerprint density at radius 1 is 1.50 bits per heavy atom. The number of amides is 2. The van der Waals surface area contributed by atoms with E-state index in [0.717, 1.165) is 0 Å². The van der Waals surface area contributed by atoms with Crippen LogP contribution in [-0.2, 0) is 11.3 Å². The number of nitrogens with zero attached hydrogens (tertiary/aromatic N) is 3. The average Bonchev–Trinajstić information content (AvgIpc) is 2.98. The number of carbonyl (C=O) groups excluding carboxylic acids is 1. The van der Waals surface area contributed by atoms with Gasteiger partial charge >= 0.3 is 12.0 Å². The molecule has 3 atom stereocenters. The van der Waals surface area contributed by atoms with Gasteiger partial charge in [-0.1, -0.05) is 6.92 Å². The number of likely N-dealkylation sites (tertiary alicyclic amines) is 1. The third-order valence-electron chi connectivity index (χ3n) is 3.63. The van der Waals surface area contributed by atoms with E-state index in [9.17, 15) is 9.59 Å². The van der Waals surface area contributed by atoms with E-state index >= 15 is 0 Å². The molecule has 1 unspecified atom stereocenters. The van der Waals surface area contributed by atoms with Crippen LogP contribution in [0.2, 0.25) is 0 Å². The maximum atomic E-state index is 12.1. The fourth-order valence-electron chi connectivity index (χ4n) is 2.51. The van der Waals surface area contributed by atoms with Gasteiger partial charge in [0.2, 0.25) is 0 Å². The molecule has 2 amide bonds. The lowest BCUT2D eigenvalue weighted by Gasteiger charge is -2.21. The minimum atomic E-state index is -0.834. The van der Waals surface area contributed by atoms with E-state index in [1.165, 1.54) is 0 Å². The predicted octanol–water partition coefficient (Wildman–Crippen LogP) is 0.634. The maximum Gasteiger partial charge on any atom is 0.317 e. The highest BCUT2D eigenvalue weighted by atomic mass is 16.4. The fourth-order valence-corrected chi connectivity index (χ4v) is 2.51. The Labute approximate surface area is 117 Å². The van der Waals surface area contributed by atoms with Crippen LogP contribution in [0.1, 0.15) is 13.8 Å². The third-order valence-corrected chi connectivity index (χ3v) is 3.63. The van der Waals surface area contributed by atoms with Crippen molar-refractivity contribution in [3.05, 3.63) is 18.7 Å². The molecule has 110 valence electrons. The zero-order valence-electron chi connectivity index (χ0n) is 11.7. The number of carbonyl (C=O) groups is 2. The first kappa shape index (κ1) is 14.4. The molecule has 20 heavy (non-hydrogen) atoms. The summed E-state index contributed by atoms with van der Waals surface area (Å²) in [6.07, 6.45) is 5.22. The number of imidazole rings is 1. The van der Waals surface area contributed by atoms with Gasteiger partial charge in [0.25, 0.3) is 0 Å². The van der Waals surface area contributed by atoms with Crippen molar-refractivity contribution in [2.75, 3.05) is 13.1 Å². The number of aliphatic carboxylic acids is 1. The van der Waals surface area contributed by atoms with Gasteiger partial charge in [-0.15, -0.1) is 0 Å². The quantitative estimate of drug-likeness (QED) is 0.847. The monoisotopic (exact) mass is 280 g/mol. The topological polar surface area (TPSA) is 87.5 Å². The molecule has 7 heteroatoms. The first-order valence-electron chi connectivity index (χ1n) is 6.71. The van der Waals surface area contributed by atoms with E-state index in [1.54, 1.807) is 17.4 Å². The Kier molecular flexibility index (Phi) is 4.26. The van der Waals surface area contributed by atoms with Crippen LogP contribution in [-0.4, -0.2) is 50.7 Å². The molecule has 7 nitrogen and oxygen atoms in total. The van der Waals surface area contributed by atoms with Crippen LogP contribution in [0.15, 0.2) is 18.7 Å². The molecule has 1 aromatic rings. The van der Waals surface area contributed by atoms with Crippen molar-refractivity contribution in [2.24, 2.45) is 11.8 Å². The van der Waals surface area contributed by atoms with Gasteiger partial charge in [0.1, 0.15) is 0 Å². The molecular formula is C13H20N4O3. The van der Waals surface area contributed by atoms with Crippen LogP contribution < -0.4 is 5.32 Å². The zero-order valence-corrected chi connectivity index (χ0v) is 11.7. The standard InChI is InChI=1S/C13H20N4O3/c1-9-5-17(7-11(9)12(18)19)13(20)15-10(2)6-16-4-3-14-8-16/h3-4,8-11H,5-7H2,1-2H3,(H,15,20)(H,18,19)/t9-,10?,11-/m1/s1. The minimum Gasteiger partial charge on any atom is -0.481 e. The maximum absolute atomic E-state index is 12.1. The lowest BCUT2D eigenvalue weighted by atomic mass is 9.99. The first-order chi connectivity index (χ1) is 9.47. The van der Waals surface area contributed by atoms with Crippen LogP contribution in [0.4, 0.5) is 4.79 Å². The van der Waals surface area contributed by atoms with E-state index < -0.39 is 11.9 Å². The van der Waals surface area contributed by atoms with Gasteiger partial charge in [0.15, 0.2) is 0 Å². The number of hydrogen-bond acceptors (Lipinski definition) is 3. The zero-order chi connectivity index (χ0) is 14.7. The van der Waals surface area contributed by atoms with Gasteiger partial charge < -0.3 is 19.9 Å². The van der Waals surface area contributed by atoms with Crippen LogP contribution >= 0.6 is 0 Å². The van der Waals surface area contributed by atoms with Crippen LogP contribution in [0.3, 0.4) is 0 Å². The predicted molar refractivity (Wildman–Crippen MR) is 72.1 cm³/mol. The smallest absolute Gasteiger partial charge is 0.317 e. The summed E-state index contributed by atoms with van der Waals surface area (Å²) in [4.78, 5) is 28.7. The molecular weight excluding hydrogens is 260 g/mol. The van der Waals surface area contributed by atoms with E-state index in [1.807, 2.05) is 24.6 Å². The second kappa shape index (κ2) is 5.94. The SMILES string of the molecule is CC(Cn1ccnc1)NC(=O)N1C[C@@H](C)[C@H](C(=O)O)C1. The van der Waals surface area contributed by atoms with E-state index in [-0.39, 0.29) is 24.5 Å². The molecule has 1 aliphatic heterocycles. The van der Waals surface area contributed by atoms with E-state index in [4.69, 9.17) is 5.11 Å². The van der Waals surface area contributed by atoms with Gasteiger partial charge in [0, 0.05) is 38.1 Å². The highest BCUT2D eigenvalue weighted by Gasteiger charge is 2.37. The van der Waals surface area contributed by atoms with Crippen molar-refractivity contribution in [2.45, 2.75) is 26.4 Å². The van der Waals surface area contributed by atoms with Crippen molar-refractivity contribution in [1.82, 2.24) is 19.8 Å². The number of rotatable bonds is 4. The summed E-state index contributed by atoms with van der Waals surface area (Å²) in [5, 5.41) is 12.0. The Balaban J connectivity index is 1.84. The molecule has 0 spiro atoms. The fraction of sp³-hybridized carbons (Fsp3) is 0.615. The van der Waals surface area contributed by atoms with Gasteiger partial charge in [0.05, 0.1) is 12.2 Å². The first-order valence-corrected chi connectivity index (χ1v) is 6.71. The number of urea groups is 1. The van der Waals surface area contributed by atoms with Crippen molar-refractivity contribution in [1.29, 1.82) is 0 Å². The highest BCUT2D eigenvalue weighted by molar-refractivity contribution is 5.77. The van der Waals surface area contributed by atoms with Crippen LogP contribution in [0.25, 0.3) is 0 Å². The third kappa shape index (κ3) is 3.28. The molecule has 0 saturated carbocycles. The van der Waals surface area contributed by atoms with E-state index in [2.05, 4.69) is 10.3 Å². The molecule has 2 heterocycles. The van der Waals surface area contributed by atoms with Crippen molar-refractivity contribution >= 4 is 12.0 Å². The van der Waals surface area contributed by atoms with Gasteiger partial charge in [-0.25, -0.2) is 9.78 Å².